The molecule has 0 spiro atoms. The lowest BCUT2D eigenvalue weighted by atomic mass is 10.1. The molecule has 3 rings (SSSR count). The minimum atomic E-state index is -0.691. The van der Waals surface area contributed by atoms with Gasteiger partial charge in [-0.3, -0.25) is 0 Å². The fourth-order valence-corrected chi connectivity index (χ4v) is 2.44. The van der Waals surface area contributed by atoms with Gasteiger partial charge in [0.05, 0.1) is 20.0 Å². The number of cyclic esters (lactones) is 1. The topological polar surface area (TPSA) is 67.1 Å². The predicted octanol–water partition coefficient (Wildman–Crippen LogP) is 1.71. The Kier molecular flexibility index (Phi) is 3.07. The molecule has 0 radical (unpaired) electrons. The van der Waals surface area contributed by atoms with E-state index in [1.165, 1.54) is 13.4 Å². The molecule has 2 aliphatic rings. The first-order chi connectivity index (χ1) is 9.52. The van der Waals surface area contributed by atoms with Crippen molar-refractivity contribution in [1.29, 1.82) is 0 Å². The lowest BCUT2D eigenvalue weighted by Crippen LogP contribution is -2.33. The molecule has 0 amide bonds. The lowest BCUT2D eigenvalue weighted by Gasteiger charge is -2.21. The van der Waals surface area contributed by atoms with Gasteiger partial charge in [0.1, 0.15) is 17.4 Å². The molecule has 6 nitrogen and oxygen atoms in total. The first-order valence-electron chi connectivity index (χ1n) is 6.36. The maximum absolute atomic E-state index is 12.1. The number of furan rings is 1. The van der Waals surface area contributed by atoms with Gasteiger partial charge >= 0.3 is 5.97 Å². The van der Waals surface area contributed by atoms with E-state index in [1.807, 2.05) is 13.8 Å². The first kappa shape index (κ1) is 13.2. The Morgan fingerprint density at radius 1 is 1.40 bits per heavy atom. The summed E-state index contributed by atoms with van der Waals surface area (Å²) < 4.78 is 27.2. The van der Waals surface area contributed by atoms with E-state index in [9.17, 15) is 4.79 Å². The molecule has 1 aromatic heterocycles. The minimum absolute atomic E-state index is 0.302. The van der Waals surface area contributed by atoms with Gasteiger partial charge in [-0.2, -0.15) is 0 Å². The van der Waals surface area contributed by atoms with Crippen LogP contribution in [0.5, 0.6) is 0 Å². The summed E-state index contributed by atoms with van der Waals surface area (Å²) in [6.45, 7) is 3.96. The Hall–Kier alpha value is -1.79. The third-order valence-electron chi connectivity index (χ3n) is 3.30. The molecule has 0 aromatic carbocycles. The fraction of sp³-hybridized carbons (Fsp3) is 0.500. The maximum Gasteiger partial charge on any atom is 0.346 e. The van der Waals surface area contributed by atoms with E-state index in [2.05, 4.69) is 0 Å². The zero-order valence-corrected chi connectivity index (χ0v) is 11.5. The molecule has 3 heterocycles. The number of hydrogen-bond donors (Lipinski definition) is 0. The lowest BCUT2D eigenvalue weighted by molar-refractivity contribution is -0.162. The van der Waals surface area contributed by atoms with Crippen LogP contribution in [0.4, 0.5) is 0 Å². The molecule has 1 fully saturated rings. The summed E-state index contributed by atoms with van der Waals surface area (Å²) in [7, 11) is 1.49. The minimum Gasteiger partial charge on any atom is -0.496 e. The van der Waals surface area contributed by atoms with Crippen molar-refractivity contribution in [1.82, 2.24) is 0 Å². The number of esters is 1. The van der Waals surface area contributed by atoms with Crippen LogP contribution in [0.15, 0.2) is 28.6 Å². The fourth-order valence-electron chi connectivity index (χ4n) is 2.44. The Labute approximate surface area is 116 Å². The highest BCUT2D eigenvalue weighted by atomic mass is 16.8. The molecule has 2 aliphatic heterocycles. The van der Waals surface area contributed by atoms with Gasteiger partial charge in [0.25, 0.3) is 0 Å². The predicted molar refractivity (Wildman–Crippen MR) is 67.4 cm³/mol. The van der Waals surface area contributed by atoms with E-state index >= 15 is 0 Å². The second-order valence-corrected chi connectivity index (χ2v) is 5.11. The van der Waals surface area contributed by atoms with Crippen LogP contribution in [-0.4, -0.2) is 37.7 Å². The monoisotopic (exact) mass is 280 g/mol. The summed E-state index contributed by atoms with van der Waals surface area (Å²) in [4.78, 5) is 12.1. The van der Waals surface area contributed by atoms with Crippen LogP contribution in [0.2, 0.25) is 0 Å². The van der Waals surface area contributed by atoms with Crippen molar-refractivity contribution in [3.63, 3.8) is 0 Å². The van der Waals surface area contributed by atoms with Crippen LogP contribution in [0.3, 0.4) is 0 Å². The van der Waals surface area contributed by atoms with Crippen molar-refractivity contribution >= 4 is 11.5 Å². The molecule has 0 unspecified atom stereocenters. The number of ether oxygens (including phenoxy) is 4. The summed E-state index contributed by atoms with van der Waals surface area (Å²) in [6, 6.07) is 3.39. The van der Waals surface area contributed by atoms with Crippen LogP contribution >= 0.6 is 0 Å². The molecule has 0 bridgehead atoms. The van der Waals surface area contributed by atoms with Crippen molar-refractivity contribution in [3.8, 4) is 0 Å². The molecule has 0 aliphatic carbocycles. The summed E-state index contributed by atoms with van der Waals surface area (Å²) in [6.07, 6.45) is 0.486. The molecular formula is C14H16O6. The van der Waals surface area contributed by atoms with Crippen molar-refractivity contribution in [2.45, 2.75) is 31.8 Å². The number of carbonyl (C=O) groups excluding carboxylic acids is 1. The second kappa shape index (κ2) is 4.64. The normalized spacial score (nSPS) is 28.9. The SMILES string of the molecule is COC1=C(c2ccco2)C(=O)O[C@@H]1[C@@H]1COC(C)(C)O1. The van der Waals surface area contributed by atoms with Gasteiger partial charge in [-0.05, 0) is 26.0 Å². The molecule has 1 saturated heterocycles. The van der Waals surface area contributed by atoms with Crippen molar-refractivity contribution in [2.75, 3.05) is 13.7 Å². The van der Waals surface area contributed by atoms with E-state index in [0.29, 0.717) is 23.7 Å². The summed E-state index contributed by atoms with van der Waals surface area (Å²) in [5.74, 6) is -0.331. The molecule has 108 valence electrons. The summed E-state index contributed by atoms with van der Waals surface area (Å²) in [5.41, 5.74) is 0.302. The summed E-state index contributed by atoms with van der Waals surface area (Å²) >= 11 is 0. The van der Waals surface area contributed by atoms with Gasteiger partial charge in [0.15, 0.2) is 17.7 Å². The van der Waals surface area contributed by atoms with Gasteiger partial charge in [-0.25, -0.2) is 4.79 Å². The van der Waals surface area contributed by atoms with E-state index in [0.717, 1.165) is 0 Å². The standard InChI is InChI=1S/C14H16O6/c1-14(2)18-7-9(20-14)11-12(16-3)10(13(15)19-11)8-5-4-6-17-8/h4-6,9,11H,7H2,1-3H3/t9-,11+/m0/s1. The Bertz CT molecular complexity index is 542. The van der Waals surface area contributed by atoms with Gasteiger partial charge in [0, 0.05) is 0 Å². The van der Waals surface area contributed by atoms with Gasteiger partial charge in [0.2, 0.25) is 0 Å². The van der Waals surface area contributed by atoms with Crippen LogP contribution in [0.25, 0.3) is 5.57 Å². The van der Waals surface area contributed by atoms with Crippen LogP contribution < -0.4 is 0 Å². The van der Waals surface area contributed by atoms with Gasteiger partial charge in [-0.15, -0.1) is 0 Å². The Balaban J connectivity index is 1.93. The highest BCUT2D eigenvalue weighted by Crippen LogP contribution is 2.37. The van der Waals surface area contributed by atoms with E-state index < -0.39 is 24.0 Å². The van der Waals surface area contributed by atoms with E-state index in [-0.39, 0.29) is 0 Å². The number of hydrogen-bond acceptors (Lipinski definition) is 6. The third-order valence-corrected chi connectivity index (χ3v) is 3.30. The van der Waals surface area contributed by atoms with Crippen LogP contribution in [0, 0.1) is 0 Å². The molecule has 20 heavy (non-hydrogen) atoms. The van der Waals surface area contributed by atoms with E-state index in [1.54, 1.807) is 12.1 Å². The highest BCUT2D eigenvalue weighted by Gasteiger charge is 2.47. The largest absolute Gasteiger partial charge is 0.496 e. The van der Waals surface area contributed by atoms with Crippen LogP contribution in [0.1, 0.15) is 19.6 Å². The molecule has 0 saturated carbocycles. The third kappa shape index (κ3) is 2.10. The maximum atomic E-state index is 12.1. The molecule has 2 atom stereocenters. The first-order valence-corrected chi connectivity index (χ1v) is 6.36. The summed E-state index contributed by atoms with van der Waals surface area (Å²) in [5, 5.41) is 0. The van der Waals surface area contributed by atoms with Gasteiger partial charge < -0.3 is 23.4 Å². The number of methoxy groups -OCH3 is 1. The second-order valence-electron chi connectivity index (χ2n) is 5.11. The zero-order valence-electron chi connectivity index (χ0n) is 11.5. The average Bonchev–Trinajstić information content (AvgIpc) is 3.07. The molecular weight excluding hydrogens is 264 g/mol. The number of rotatable bonds is 3. The number of carbonyl (C=O) groups is 1. The van der Waals surface area contributed by atoms with Crippen molar-refractivity contribution < 1.29 is 28.2 Å². The molecule has 0 N–H and O–H groups in total. The van der Waals surface area contributed by atoms with Crippen molar-refractivity contribution in [3.05, 3.63) is 29.9 Å². The molecule has 1 aromatic rings. The Morgan fingerprint density at radius 3 is 2.75 bits per heavy atom. The Morgan fingerprint density at radius 2 is 2.20 bits per heavy atom. The zero-order chi connectivity index (χ0) is 14.3. The van der Waals surface area contributed by atoms with E-state index in [4.69, 9.17) is 23.4 Å². The average molecular weight is 280 g/mol. The van der Waals surface area contributed by atoms with Gasteiger partial charge in [-0.1, -0.05) is 0 Å². The molecule has 6 heteroatoms. The highest BCUT2D eigenvalue weighted by molar-refractivity contribution is 6.18. The quantitative estimate of drug-likeness (QED) is 0.785. The smallest absolute Gasteiger partial charge is 0.346 e. The van der Waals surface area contributed by atoms with Crippen LogP contribution in [-0.2, 0) is 23.7 Å². The van der Waals surface area contributed by atoms with Crippen molar-refractivity contribution in [2.24, 2.45) is 0 Å².